The summed E-state index contributed by atoms with van der Waals surface area (Å²) in [6.07, 6.45) is 12.7. The third kappa shape index (κ3) is 3.46. The smallest absolute Gasteiger partial charge is 0.155 e. The monoisotopic (exact) mass is 485 g/mol. The molecule has 4 heteroatoms. The lowest BCUT2D eigenvalue weighted by Gasteiger charge is -2.48. The number of hydrogen-bond donors (Lipinski definition) is 0. The van der Waals surface area contributed by atoms with Crippen molar-refractivity contribution < 1.29 is 9.53 Å². The molecule has 0 aromatic heterocycles. The summed E-state index contributed by atoms with van der Waals surface area (Å²) in [7, 11) is 0. The molecule has 4 fully saturated rings. The number of rotatable bonds is 2. The highest BCUT2D eigenvalue weighted by Crippen LogP contribution is 2.64. The van der Waals surface area contributed by atoms with Crippen LogP contribution in [0.15, 0.2) is 22.8 Å². The number of hydrogen-bond acceptors (Lipinski definition) is 3. The third-order valence-electron chi connectivity index (χ3n) is 11.5. The van der Waals surface area contributed by atoms with Gasteiger partial charge < -0.3 is 4.74 Å². The van der Waals surface area contributed by atoms with Gasteiger partial charge in [0, 0.05) is 37.4 Å². The minimum atomic E-state index is 0.00175. The number of likely N-dealkylation sites (tertiary alicyclic amines) is 1. The molecule has 0 aromatic carbocycles. The van der Waals surface area contributed by atoms with E-state index >= 15 is 0 Å². The molecule has 0 radical (unpaired) electrons. The lowest BCUT2D eigenvalue weighted by atomic mass is 9.56. The predicted molar refractivity (Wildman–Crippen MR) is 138 cm³/mol. The van der Waals surface area contributed by atoms with Crippen LogP contribution in [0.5, 0.6) is 0 Å². The van der Waals surface area contributed by atoms with E-state index in [2.05, 4.69) is 32.6 Å². The van der Waals surface area contributed by atoms with Gasteiger partial charge in [-0.1, -0.05) is 37.5 Å². The van der Waals surface area contributed by atoms with Gasteiger partial charge in [0.05, 0.1) is 11.7 Å². The van der Waals surface area contributed by atoms with E-state index in [9.17, 15) is 4.79 Å². The summed E-state index contributed by atoms with van der Waals surface area (Å²) >= 11 is 6.23. The largest absolute Gasteiger partial charge is 0.369 e. The van der Waals surface area contributed by atoms with E-state index in [1.807, 2.05) is 6.08 Å². The van der Waals surface area contributed by atoms with Crippen LogP contribution < -0.4 is 0 Å². The molecule has 34 heavy (non-hydrogen) atoms. The van der Waals surface area contributed by atoms with Crippen molar-refractivity contribution in [3.63, 3.8) is 0 Å². The van der Waals surface area contributed by atoms with Gasteiger partial charge in [-0.2, -0.15) is 0 Å². The van der Waals surface area contributed by atoms with E-state index in [1.54, 1.807) is 11.1 Å². The fourth-order valence-electron chi connectivity index (χ4n) is 9.87. The lowest BCUT2D eigenvalue weighted by Crippen LogP contribution is -2.52. The fraction of sp³-hybridized carbons (Fsp3) is 0.833. The van der Waals surface area contributed by atoms with Gasteiger partial charge in [0.15, 0.2) is 5.78 Å². The Kier molecular flexibility index (Phi) is 5.90. The molecule has 6 aliphatic rings. The molecule has 2 aliphatic heterocycles. The number of nitrogens with zero attached hydrogens (tertiary/aromatic N) is 1. The normalized spacial score (nSPS) is 48.8. The van der Waals surface area contributed by atoms with Crippen LogP contribution in [0.3, 0.4) is 0 Å². The molecule has 2 saturated carbocycles. The molecule has 6 rings (SSSR count). The number of piperidine rings is 1. The number of ether oxygens (including phenoxy) is 1. The summed E-state index contributed by atoms with van der Waals surface area (Å²) in [5.74, 6) is 4.57. The molecule has 9 atom stereocenters. The second-order valence-corrected chi connectivity index (χ2v) is 13.6. The number of carbonyl (C=O) groups excluding carboxylic acids is 1. The molecular formula is C30H44ClNO2. The number of alkyl halides is 1. The van der Waals surface area contributed by atoms with Crippen LogP contribution in [0, 0.1) is 35.0 Å². The summed E-state index contributed by atoms with van der Waals surface area (Å²) in [6.45, 7) is 12.0. The maximum Gasteiger partial charge on any atom is 0.155 e. The van der Waals surface area contributed by atoms with Gasteiger partial charge in [-0.15, -0.1) is 11.6 Å². The standard InChI is InChI=1S/C30H44ClNO2/c1-18-13-27-28(32(17-18)12-11-31)20(3)30(34-27)10-8-23-24-6-5-21-14-22(33)7-9-29(21,4)26(24)15-25(23)19(2)16-30/h14,18,20,23-24,26-28H,5-13,15-17H2,1-4H3/t18?,20-,23?,24?,26+,27-,28+,29?,30?/m1/s1. The maximum absolute atomic E-state index is 12.2. The van der Waals surface area contributed by atoms with Crippen LogP contribution in [-0.2, 0) is 9.53 Å². The van der Waals surface area contributed by atoms with Crippen molar-refractivity contribution in [2.24, 2.45) is 35.0 Å². The zero-order valence-electron chi connectivity index (χ0n) is 21.7. The highest BCUT2D eigenvalue weighted by Gasteiger charge is 2.59. The van der Waals surface area contributed by atoms with E-state index in [-0.39, 0.29) is 11.0 Å². The van der Waals surface area contributed by atoms with Gasteiger partial charge in [-0.3, -0.25) is 9.69 Å². The Morgan fingerprint density at radius 1 is 1.21 bits per heavy atom. The molecule has 3 nitrogen and oxygen atoms in total. The Morgan fingerprint density at radius 3 is 2.82 bits per heavy atom. The first kappa shape index (κ1) is 23.7. The Bertz CT molecular complexity index is 925. The van der Waals surface area contributed by atoms with Crippen molar-refractivity contribution in [1.82, 2.24) is 4.90 Å². The topological polar surface area (TPSA) is 29.5 Å². The molecule has 0 bridgehead atoms. The van der Waals surface area contributed by atoms with E-state index in [0.717, 1.165) is 50.0 Å². The molecule has 4 aliphatic carbocycles. The molecule has 2 heterocycles. The van der Waals surface area contributed by atoms with E-state index in [4.69, 9.17) is 16.3 Å². The molecule has 0 N–H and O–H groups in total. The maximum atomic E-state index is 12.2. The minimum absolute atomic E-state index is 0.00175. The van der Waals surface area contributed by atoms with Crippen LogP contribution in [0.4, 0.5) is 0 Å². The molecule has 188 valence electrons. The lowest BCUT2D eigenvalue weighted by molar-refractivity contribution is -0.116. The number of carbonyl (C=O) groups is 1. The van der Waals surface area contributed by atoms with Crippen LogP contribution in [-0.4, -0.2) is 47.4 Å². The van der Waals surface area contributed by atoms with Gasteiger partial charge >= 0.3 is 0 Å². The second kappa shape index (κ2) is 8.45. The first-order valence-electron chi connectivity index (χ1n) is 14.2. The summed E-state index contributed by atoms with van der Waals surface area (Å²) < 4.78 is 7.16. The highest BCUT2D eigenvalue weighted by molar-refractivity contribution is 6.18. The molecule has 2 saturated heterocycles. The van der Waals surface area contributed by atoms with Crippen molar-refractivity contribution in [2.75, 3.05) is 19.0 Å². The second-order valence-electron chi connectivity index (χ2n) is 13.2. The van der Waals surface area contributed by atoms with Crippen molar-refractivity contribution in [3.05, 3.63) is 22.8 Å². The number of ketones is 1. The minimum Gasteiger partial charge on any atom is -0.369 e. The zero-order valence-corrected chi connectivity index (χ0v) is 22.5. The molecular weight excluding hydrogens is 442 g/mol. The van der Waals surface area contributed by atoms with E-state index in [1.165, 1.54) is 44.2 Å². The van der Waals surface area contributed by atoms with Gasteiger partial charge in [0.2, 0.25) is 0 Å². The Balaban J connectivity index is 1.29. The molecule has 5 unspecified atom stereocenters. The van der Waals surface area contributed by atoms with E-state index in [0.29, 0.717) is 35.6 Å². The molecule has 1 spiro atoms. The quantitative estimate of drug-likeness (QED) is 0.328. The zero-order chi connectivity index (χ0) is 23.8. The van der Waals surface area contributed by atoms with Crippen LogP contribution in [0.2, 0.25) is 0 Å². The highest BCUT2D eigenvalue weighted by atomic mass is 35.5. The third-order valence-corrected chi connectivity index (χ3v) is 11.7. The van der Waals surface area contributed by atoms with Gasteiger partial charge in [-0.25, -0.2) is 0 Å². The number of halogens is 1. The average Bonchev–Trinajstić information content (AvgIpc) is 3.25. The van der Waals surface area contributed by atoms with Crippen LogP contribution in [0.1, 0.15) is 85.5 Å². The SMILES string of the molecule is CC1=C2C[C@H]3C(CCC4=CC(=O)CCC43C)C2CCC2(C1)O[C@@H]1CC(C)CN(CCCl)[C@H]1[C@H]2C. The first-order valence-corrected chi connectivity index (χ1v) is 14.7. The number of fused-ring (bicyclic) bond motifs is 6. The first-order chi connectivity index (χ1) is 16.3. The summed E-state index contributed by atoms with van der Waals surface area (Å²) in [4.78, 5) is 14.8. The van der Waals surface area contributed by atoms with Crippen molar-refractivity contribution in [3.8, 4) is 0 Å². The fourth-order valence-corrected chi connectivity index (χ4v) is 10.1. The van der Waals surface area contributed by atoms with Gasteiger partial charge in [0.25, 0.3) is 0 Å². The van der Waals surface area contributed by atoms with Crippen LogP contribution in [0.25, 0.3) is 0 Å². The van der Waals surface area contributed by atoms with Crippen molar-refractivity contribution >= 4 is 17.4 Å². The van der Waals surface area contributed by atoms with Gasteiger partial charge in [-0.05, 0) is 93.5 Å². The Hall–Kier alpha value is -0.640. The van der Waals surface area contributed by atoms with Crippen LogP contribution >= 0.6 is 11.6 Å². The average molecular weight is 486 g/mol. The van der Waals surface area contributed by atoms with Crippen molar-refractivity contribution in [2.45, 2.75) is 103 Å². The molecule has 0 amide bonds. The molecule has 0 aromatic rings. The van der Waals surface area contributed by atoms with Crippen molar-refractivity contribution in [1.29, 1.82) is 0 Å². The summed E-state index contributed by atoms with van der Waals surface area (Å²) in [6, 6.07) is 0.527. The van der Waals surface area contributed by atoms with E-state index < -0.39 is 0 Å². The predicted octanol–water partition coefficient (Wildman–Crippen LogP) is 6.55. The summed E-state index contributed by atoms with van der Waals surface area (Å²) in [5, 5.41) is 0. The van der Waals surface area contributed by atoms with Gasteiger partial charge in [0.1, 0.15) is 0 Å². The Morgan fingerprint density at radius 2 is 2.03 bits per heavy atom. The summed E-state index contributed by atoms with van der Waals surface area (Å²) in [5.41, 5.74) is 5.14. The number of allylic oxidation sites excluding steroid dienone is 3. The Labute approximate surface area is 211 Å².